The van der Waals surface area contributed by atoms with Crippen LogP contribution in [-0.2, 0) is 32.6 Å². The van der Waals surface area contributed by atoms with Crippen LogP contribution in [0.4, 0.5) is 5.69 Å². The van der Waals surface area contributed by atoms with Gasteiger partial charge in [-0.05, 0) is 65.8 Å². The van der Waals surface area contributed by atoms with Gasteiger partial charge in [-0.1, -0.05) is 117 Å². The Hall–Kier alpha value is -4.14. The van der Waals surface area contributed by atoms with Gasteiger partial charge < -0.3 is 10.2 Å². The third-order valence-corrected chi connectivity index (χ3v) is 10.9. The average Bonchev–Trinajstić information content (AvgIpc) is 3.60. The smallest absolute Gasteiger partial charge is 0.264 e. The van der Waals surface area contributed by atoms with Crippen molar-refractivity contribution in [2.45, 2.75) is 75.4 Å². The number of carbonyl (C=O) groups excluding carboxylic acids is 2. The lowest BCUT2D eigenvalue weighted by molar-refractivity contribution is -0.140. The monoisotopic (exact) mass is 671 g/mol. The molecule has 0 spiro atoms. The Bertz CT molecular complexity index is 1740. The molecule has 0 saturated heterocycles. The van der Waals surface area contributed by atoms with Gasteiger partial charge in [0.1, 0.15) is 12.6 Å². The minimum Gasteiger partial charge on any atom is -0.352 e. The van der Waals surface area contributed by atoms with Crippen LogP contribution >= 0.6 is 11.6 Å². The van der Waals surface area contributed by atoms with Crippen molar-refractivity contribution < 1.29 is 18.0 Å². The first-order valence-corrected chi connectivity index (χ1v) is 18.0. The molecular weight excluding hydrogens is 630 g/mol. The first-order chi connectivity index (χ1) is 22.6. The van der Waals surface area contributed by atoms with Crippen LogP contribution in [-0.4, -0.2) is 43.8 Å². The normalized spacial score (nSPS) is 14.1. The van der Waals surface area contributed by atoms with E-state index in [9.17, 15) is 18.0 Å². The van der Waals surface area contributed by atoms with Crippen molar-refractivity contribution in [2.24, 2.45) is 0 Å². The molecule has 1 aliphatic carbocycles. The van der Waals surface area contributed by atoms with Crippen molar-refractivity contribution in [3.05, 3.63) is 131 Å². The molecule has 1 atom stereocenters. The standard InChI is InChI=1S/C38H42ClN3O4S/c1-28(2)30-21-23-33(24-22-30)42(47(45,46)34-18-7-4-8-19-34)27-37(43)41(26-31-15-9-12-20-35(31)39)36(25-29-13-5-3-6-14-29)38(44)40-32-16-10-11-17-32/h3-9,12-15,18-24,28,32,36H,10-11,16-17,25-27H2,1-2H3,(H,40,44). The fourth-order valence-corrected chi connectivity index (χ4v) is 7.64. The lowest BCUT2D eigenvalue weighted by atomic mass is 10.0. The molecule has 47 heavy (non-hydrogen) atoms. The Morgan fingerprint density at radius 3 is 2.04 bits per heavy atom. The van der Waals surface area contributed by atoms with Gasteiger partial charge in [-0.3, -0.25) is 13.9 Å². The number of hydrogen-bond donors (Lipinski definition) is 1. The van der Waals surface area contributed by atoms with Crippen molar-refractivity contribution >= 4 is 39.1 Å². The molecule has 9 heteroatoms. The van der Waals surface area contributed by atoms with Gasteiger partial charge in [-0.2, -0.15) is 0 Å². The van der Waals surface area contributed by atoms with E-state index in [0.717, 1.165) is 41.1 Å². The van der Waals surface area contributed by atoms with Crippen LogP contribution in [0.1, 0.15) is 62.1 Å². The topological polar surface area (TPSA) is 86.8 Å². The largest absolute Gasteiger partial charge is 0.352 e. The van der Waals surface area contributed by atoms with Crippen molar-refractivity contribution in [1.82, 2.24) is 10.2 Å². The zero-order chi connectivity index (χ0) is 33.4. The van der Waals surface area contributed by atoms with Crippen molar-refractivity contribution in [3.8, 4) is 0 Å². The van der Waals surface area contributed by atoms with Crippen molar-refractivity contribution in [1.29, 1.82) is 0 Å². The molecule has 1 unspecified atom stereocenters. The highest BCUT2D eigenvalue weighted by Gasteiger charge is 2.35. The van der Waals surface area contributed by atoms with Crippen LogP contribution in [0.2, 0.25) is 5.02 Å². The van der Waals surface area contributed by atoms with Gasteiger partial charge in [-0.25, -0.2) is 8.42 Å². The molecule has 1 N–H and O–H groups in total. The molecule has 1 fully saturated rings. The number of carbonyl (C=O) groups is 2. The molecular formula is C38H42ClN3O4S. The summed E-state index contributed by atoms with van der Waals surface area (Å²) in [6, 6.07) is 31.2. The van der Waals surface area contributed by atoms with E-state index in [-0.39, 0.29) is 35.7 Å². The first kappa shape index (κ1) is 34.2. The Morgan fingerprint density at radius 1 is 0.830 bits per heavy atom. The number of halogens is 1. The molecule has 0 heterocycles. The minimum atomic E-state index is -4.16. The summed E-state index contributed by atoms with van der Waals surface area (Å²) >= 11 is 6.60. The molecule has 0 aliphatic heterocycles. The summed E-state index contributed by atoms with van der Waals surface area (Å²) in [5.41, 5.74) is 2.95. The number of anilines is 1. The maximum absolute atomic E-state index is 14.7. The number of nitrogens with one attached hydrogen (secondary N) is 1. The summed E-state index contributed by atoms with van der Waals surface area (Å²) in [7, 11) is -4.16. The fraction of sp³-hybridized carbons (Fsp3) is 0.316. The van der Waals surface area contributed by atoms with Gasteiger partial charge in [0.15, 0.2) is 0 Å². The Balaban J connectivity index is 1.57. The van der Waals surface area contributed by atoms with Crippen molar-refractivity contribution in [3.63, 3.8) is 0 Å². The highest BCUT2D eigenvalue weighted by Crippen LogP contribution is 2.28. The van der Waals surface area contributed by atoms with E-state index in [1.807, 2.05) is 54.6 Å². The quantitative estimate of drug-likeness (QED) is 0.161. The van der Waals surface area contributed by atoms with Crippen LogP contribution in [0.15, 0.2) is 114 Å². The van der Waals surface area contributed by atoms with Gasteiger partial charge in [0.2, 0.25) is 11.8 Å². The second-order valence-electron chi connectivity index (χ2n) is 12.4. The molecule has 0 aromatic heterocycles. The second-order valence-corrected chi connectivity index (χ2v) is 14.6. The van der Waals surface area contributed by atoms with E-state index in [1.165, 1.54) is 17.0 Å². The number of nitrogens with zero attached hydrogens (tertiary/aromatic N) is 2. The van der Waals surface area contributed by atoms with Crippen LogP contribution < -0.4 is 9.62 Å². The first-order valence-electron chi connectivity index (χ1n) is 16.2. The Labute approximate surface area is 283 Å². The van der Waals surface area contributed by atoms with Crippen LogP contribution in [0.25, 0.3) is 0 Å². The summed E-state index contributed by atoms with van der Waals surface area (Å²) in [6.45, 7) is 3.64. The third-order valence-electron chi connectivity index (χ3n) is 8.73. The summed E-state index contributed by atoms with van der Waals surface area (Å²) in [5.74, 6) is -0.534. The molecule has 7 nitrogen and oxygen atoms in total. The van der Waals surface area contributed by atoms with Crippen LogP contribution in [0.3, 0.4) is 0 Å². The summed E-state index contributed by atoms with van der Waals surface area (Å²) in [5, 5.41) is 3.65. The van der Waals surface area contributed by atoms with E-state index >= 15 is 0 Å². The number of hydrogen-bond acceptors (Lipinski definition) is 4. The van der Waals surface area contributed by atoms with Crippen LogP contribution in [0.5, 0.6) is 0 Å². The summed E-state index contributed by atoms with van der Waals surface area (Å²) in [4.78, 5) is 30.4. The average molecular weight is 672 g/mol. The number of benzene rings is 4. The van der Waals surface area contributed by atoms with Gasteiger partial charge in [-0.15, -0.1) is 0 Å². The van der Waals surface area contributed by atoms with Gasteiger partial charge in [0.05, 0.1) is 10.6 Å². The van der Waals surface area contributed by atoms with Gasteiger partial charge in [0.25, 0.3) is 10.0 Å². The van der Waals surface area contributed by atoms with E-state index in [1.54, 1.807) is 42.5 Å². The van der Waals surface area contributed by atoms with Gasteiger partial charge in [0, 0.05) is 24.0 Å². The highest BCUT2D eigenvalue weighted by atomic mass is 35.5. The number of amides is 2. The second kappa shape index (κ2) is 15.6. The van der Waals surface area contributed by atoms with E-state index < -0.39 is 28.5 Å². The fourth-order valence-electron chi connectivity index (χ4n) is 6.01. The van der Waals surface area contributed by atoms with Gasteiger partial charge >= 0.3 is 0 Å². The van der Waals surface area contributed by atoms with E-state index in [4.69, 9.17) is 11.6 Å². The lowest BCUT2D eigenvalue weighted by Gasteiger charge is -2.34. The number of rotatable bonds is 13. The third kappa shape index (κ3) is 8.62. The molecule has 0 bridgehead atoms. The Kier molecular flexibility index (Phi) is 11.4. The molecule has 2 amide bonds. The predicted molar refractivity (Wildman–Crippen MR) is 188 cm³/mol. The molecule has 246 valence electrons. The molecule has 4 aromatic carbocycles. The van der Waals surface area contributed by atoms with E-state index in [2.05, 4.69) is 19.2 Å². The number of sulfonamides is 1. The zero-order valence-electron chi connectivity index (χ0n) is 26.9. The molecule has 1 aliphatic rings. The highest BCUT2D eigenvalue weighted by molar-refractivity contribution is 7.92. The minimum absolute atomic E-state index is 0.0274. The molecule has 1 saturated carbocycles. The molecule has 0 radical (unpaired) electrons. The maximum Gasteiger partial charge on any atom is 0.264 e. The van der Waals surface area contributed by atoms with E-state index in [0.29, 0.717) is 16.3 Å². The summed E-state index contributed by atoms with van der Waals surface area (Å²) in [6.07, 6.45) is 4.11. The maximum atomic E-state index is 14.7. The molecule has 5 rings (SSSR count). The lowest BCUT2D eigenvalue weighted by Crippen LogP contribution is -2.54. The SMILES string of the molecule is CC(C)c1ccc(N(CC(=O)N(Cc2ccccc2Cl)C(Cc2ccccc2)C(=O)NC2CCCC2)S(=O)(=O)c2ccccc2)cc1. The Morgan fingerprint density at radius 2 is 1.43 bits per heavy atom. The van der Waals surface area contributed by atoms with Crippen molar-refractivity contribution in [2.75, 3.05) is 10.8 Å². The zero-order valence-corrected chi connectivity index (χ0v) is 28.5. The summed E-state index contributed by atoms with van der Waals surface area (Å²) < 4.78 is 29.5. The van der Waals surface area contributed by atoms with Crippen LogP contribution in [0, 0.1) is 0 Å². The predicted octanol–water partition coefficient (Wildman–Crippen LogP) is 7.36. The molecule has 4 aromatic rings.